The molecule has 1 heterocycles. The lowest BCUT2D eigenvalue weighted by Crippen LogP contribution is -2.43. The fourth-order valence-corrected chi connectivity index (χ4v) is 2.82. The van der Waals surface area contributed by atoms with Gasteiger partial charge in [-0.2, -0.15) is 0 Å². The molecule has 1 rings (SSSR count). The predicted molar refractivity (Wildman–Crippen MR) is 75.9 cm³/mol. The van der Waals surface area contributed by atoms with Crippen LogP contribution in [0, 0.1) is 13.8 Å². The Bertz CT molecular complexity index is 403. The molecule has 5 heteroatoms. The van der Waals surface area contributed by atoms with Gasteiger partial charge in [-0.1, -0.05) is 6.92 Å². The molecule has 102 valence electrons. The molecule has 0 aliphatic rings. The van der Waals surface area contributed by atoms with Crippen LogP contribution in [0.15, 0.2) is 0 Å². The molecule has 0 bridgehead atoms. The summed E-state index contributed by atoms with van der Waals surface area (Å²) in [5.41, 5.74) is 1.05. The lowest BCUT2D eigenvalue weighted by molar-refractivity contribution is -0.122. The Hall–Kier alpha value is -0.940. The summed E-state index contributed by atoms with van der Waals surface area (Å²) in [6.07, 6.45) is 0.959. The molecule has 1 aromatic rings. The number of hydrogen-bond donors (Lipinski definition) is 2. The standard InChI is InChI=1S/C13H23N3OS/c1-6-7-14-13(17)10(4)15-8(2)12-9(3)16-11(5)18-12/h8,10,15H,6-7H2,1-5H3,(H,14,17). The van der Waals surface area contributed by atoms with Crippen molar-refractivity contribution >= 4 is 17.2 Å². The second-order valence-corrected chi connectivity index (χ2v) is 5.82. The molecule has 2 N–H and O–H groups in total. The minimum Gasteiger partial charge on any atom is -0.355 e. The zero-order valence-electron chi connectivity index (χ0n) is 11.8. The number of nitrogens with zero attached hydrogens (tertiary/aromatic N) is 1. The van der Waals surface area contributed by atoms with Gasteiger partial charge in [-0.05, 0) is 34.1 Å². The summed E-state index contributed by atoms with van der Waals surface area (Å²) in [5, 5.41) is 7.28. The van der Waals surface area contributed by atoms with E-state index in [-0.39, 0.29) is 18.0 Å². The van der Waals surface area contributed by atoms with Crippen LogP contribution < -0.4 is 10.6 Å². The van der Waals surface area contributed by atoms with E-state index in [1.54, 1.807) is 11.3 Å². The van der Waals surface area contributed by atoms with E-state index in [9.17, 15) is 4.79 Å². The second kappa shape index (κ2) is 6.85. The van der Waals surface area contributed by atoms with Crippen LogP contribution in [0.4, 0.5) is 0 Å². The minimum absolute atomic E-state index is 0.0580. The molecule has 0 radical (unpaired) electrons. The second-order valence-electron chi connectivity index (χ2n) is 4.58. The SMILES string of the molecule is CCCNC(=O)C(C)NC(C)c1sc(C)nc1C. The lowest BCUT2D eigenvalue weighted by atomic mass is 10.2. The first-order chi connectivity index (χ1) is 8.45. The maximum absolute atomic E-state index is 11.8. The molecule has 0 saturated heterocycles. The van der Waals surface area contributed by atoms with Crippen molar-refractivity contribution in [1.29, 1.82) is 0 Å². The zero-order chi connectivity index (χ0) is 13.7. The van der Waals surface area contributed by atoms with Gasteiger partial charge in [-0.3, -0.25) is 10.1 Å². The molecule has 0 spiro atoms. The zero-order valence-corrected chi connectivity index (χ0v) is 12.6. The van der Waals surface area contributed by atoms with Gasteiger partial charge in [-0.25, -0.2) is 4.98 Å². The van der Waals surface area contributed by atoms with E-state index in [0.717, 1.165) is 23.7 Å². The number of rotatable bonds is 6. The monoisotopic (exact) mass is 269 g/mol. The fraction of sp³-hybridized carbons (Fsp3) is 0.692. The Kier molecular flexibility index (Phi) is 5.75. The molecule has 0 saturated carbocycles. The molecular weight excluding hydrogens is 246 g/mol. The number of carbonyl (C=O) groups excluding carboxylic acids is 1. The third-order valence-electron chi connectivity index (χ3n) is 2.78. The lowest BCUT2D eigenvalue weighted by Gasteiger charge is -2.19. The van der Waals surface area contributed by atoms with Crippen molar-refractivity contribution < 1.29 is 4.79 Å². The Morgan fingerprint density at radius 2 is 2.06 bits per heavy atom. The summed E-state index contributed by atoms with van der Waals surface area (Å²) in [5.74, 6) is 0.0580. The van der Waals surface area contributed by atoms with Crippen LogP contribution in [-0.4, -0.2) is 23.5 Å². The Morgan fingerprint density at radius 1 is 1.39 bits per heavy atom. The smallest absolute Gasteiger partial charge is 0.236 e. The van der Waals surface area contributed by atoms with Gasteiger partial charge in [0.25, 0.3) is 0 Å². The normalized spacial score (nSPS) is 14.3. The molecule has 0 aliphatic heterocycles. The Labute approximate surface area is 113 Å². The first kappa shape index (κ1) is 15.1. The van der Waals surface area contributed by atoms with Crippen molar-refractivity contribution in [3.05, 3.63) is 15.6 Å². The summed E-state index contributed by atoms with van der Waals surface area (Å²) < 4.78 is 0. The van der Waals surface area contributed by atoms with Crippen LogP contribution in [0.2, 0.25) is 0 Å². The van der Waals surface area contributed by atoms with Gasteiger partial charge < -0.3 is 5.32 Å². The van der Waals surface area contributed by atoms with Gasteiger partial charge >= 0.3 is 0 Å². The topological polar surface area (TPSA) is 54.0 Å². The molecule has 2 unspecified atom stereocenters. The highest BCUT2D eigenvalue weighted by Crippen LogP contribution is 2.24. The average molecular weight is 269 g/mol. The number of thiazole rings is 1. The molecule has 0 aromatic carbocycles. The van der Waals surface area contributed by atoms with Gasteiger partial charge in [0.1, 0.15) is 0 Å². The molecule has 0 aliphatic carbocycles. The maximum atomic E-state index is 11.8. The van der Waals surface area contributed by atoms with E-state index in [4.69, 9.17) is 0 Å². The van der Waals surface area contributed by atoms with E-state index < -0.39 is 0 Å². The number of hydrogen-bond acceptors (Lipinski definition) is 4. The highest BCUT2D eigenvalue weighted by molar-refractivity contribution is 7.11. The van der Waals surface area contributed by atoms with Crippen LogP contribution in [-0.2, 0) is 4.79 Å². The third kappa shape index (κ3) is 4.07. The molecule has 4 nitrogen and oxygen atoms in total. The number of amides is 1. The highest BCUT2D eigenvalue weighted by Gasteiger charge is 2.18. The van der Waals surface area contributed by atoms with Crippen molar-refractivity contribution in [3.63, 3.8) is 0 Å². The fourth-order valence-electron chi connectivity index (χ4n) is 1.88. The van der Waals surface area contributed by atoms with E-state index in [1.165, 1.54) is 4.88 Å². The average Bonchev–Trinajstić information content (AvgIpc) is 2.65. The molecule has 0 fully saturated rings. The van der Waals surface area contributed by atoms with Crippen molar-refractivity contribution in [1.82, 2.24) is 15.6 Å². The van der Waals surface area contributed by atoms with Gasteiger partial charge in [0.05, 0.1) is 16.7 Å². The Balaban J connectivity index is 2.56. The van der Waals surface area contributed by atoms with Gasteiger partial charge in [0.2, 0.25) is 5.91 Å². The van der Waals surface area contributed by atoms with Gasteiger partial charge in [0.15, 0.2) is 0 Å². The Morgan fingerprint density at radius 3 is 2.56 bits per heavy atom. The van der Waals surface area contributed by atoms with Crippen LogP contribution in [0.1, 0.15) is 48.8 Å². The summed E-state index contributed by atoms with van der Waals surface area (Å²) in [6, 6.07) is -0.0352. The van der Waals surface area contributed by atoms with Crippen LogP contribution in [0.5, 0.6) is 0 Å². The van der Waals surface area contributed by atoms with E-state index in [0.29, 0.717) is 0 Å². The first-order valence-corrected chi connectivity index (χ1v) is 7.25. The molecular formula is C13H23N3OS. The summed E-state index contributed by atoms with van der Waals surface area (Å²) in [7, 11) is 0. The minimum atomic E-state index is -0.187. The summed E-state index contributed by atoms with van der Waals surface area (Å²) >= 11 is 1.69. The van der Waals surface area contributed by atoms with Gasteiger partial charge in [0, 0.05) is 17.5 Å². The maximum Gasteiger partial charge on any atom is 0.236 e. The van der Waals surface area contributed by atoms with E-state index in [2.05, 4.69) is 22.5 Å². The highest BCUT2D eigenvalue weighted by atomic mass is 32.1. The van der Waals surface area contributed by atoms with Gasteiger partial charge in [-0.15, -0.1) is 11.3 Å². The van der Waals surface area contributed by atoms with Crippen molar-refractivity contribution in [2.75, 3.05) is 6.54 Å². The number of aromatic nitrogens is 1. The first-order valence-electron chi connectivity index (χ1n) is 6.43. The largest absolute Gasteiger partial charge is 0.355 e. The molecule has 1 aromatic heterocycles. The molecule has 2 atom stereocenters. The van der Waals surface area contributed by atoms with Crippen LogP contribution in [0.25, 0.3) is 0 Å². The quantitative estimate of drug-likeness (QED) is 0.833. The van der Waals surface area contributed by atoms with Crippen molar-refractivity contribution in [2.45, 2.75) is 53.1 Å². The predicted octanol–water partition coefficient (Wildman–Crippen LogP) is 2.33. The van der Waals surface area contributed by atoms with Crippen molar-refractivity contribution in [2.24, 2.45) is 0 Å². The van der Waals surface area contributed by atoms with E-state index >= 15 is 0 Å². The number of carbonyl (C=O) groups is 1. The van der Waals surface area contributed by atoms with Crippen molar-refractivity contribution in [3.8, 4) is 0 Å². The molecule has 18 heavy (non-hydrogen) atoms. The third-order valence-corrected chi connectivity index (χ3v) is 4.03. The number of aryl methyl sites for hydroxylation is 2. The van der Waals surface area contributed by atoms with Crippen LogP contribution >= 0.6 is 11.3 Å². The summed E-state index contributed by atoms with van der Waals surface area (Å²) in [4.78, 5) is 17.4. The molecule has 1 amide bonds. The van der Waals surface area contributed by atoms with E-state index in [1.807, 2.05) is 27.7 Å². The van der Waals surface area contributed by atoms with Crippen LogP contribution in [0.3, 0.4) is 0 Å². The summed E-state index contributed by atoms with van der Waals surface area (Å²) in [6.45, 7) is 10.8. The number of nitrogens with one attached hydrogen (secondary N) is 2.